The number of hydrogen-bond acceptors (Lipinski definition) is 3. The summed E-state index contributed by atoms with van der Waals surface area (Å²) in [7, 11) is 0. The van der Waals surface area contributed by atoms with Crippen LogP contribution >= 0.6 is 23.6 Å². The van der Waals surface area contributed by atoms with Gasteiger partial charge in [-0.25, -0.2) is 0 Å². The quantitative estimate of drug-likeness (QED) is 0.822. The summed E-state index contributed by atoms with van der Waals surface area (Å²) in [5.74, 6) is -0.399. The Hall–Kier alpha value is -1.46. The molecule has 5 heteroatoms. The number of benzene rings is 1. The van der Waals surface area contributed by atoms with Crippen LogP contribution < -0.4 is 5.73 Å². The second kappa shape index (κ2) is 4.59. The predicted molar refractivity (Wildman–Crippen MR) is 67.3 cm³/mol. The zero-order valence-corrected chi connectivity index (χ0v) is 10.0. The van der Waals surface area contributed by atoms with Gasteiger partial charge < -0.3 is 10.7 Å². The molecule has 0 bridgehead atoms. The largest absolute Gasteiger partial charge is 0.366 e. The first kappa shape index (κ1) is 11.0. The molecule has 1 heterocycles. The van der Waals surface area contributed by atoms with Crippen LogP contribution in [0.1, 0.15) is 20.8 Å². The number of carbonyl (C=O) groups excluding carboxylic acids is 1. The van der Waals surface area contributed by atoms with Crippen molar-refractivity contribution >= 4 is 29.5 Å². The van der Waals surface area contributed by atoms with Crippen molar-refractivity contribution in [3.63, 3.8) is 0 Å². The van der Waals surface area contributed by atoms with E-state index in [2.05, 4.69) is 4.98 Å². The fourth-order valence-electron chi connectivity index (χ4n) is 1.39. The van der Waals surface area contributed by atoms with E-state index in [0.29, 0.717) is 5.56 Å². The fourth-order valence-corrected chi connectivity index (χ4v) is 2.49. The van der Waals surface area contributed by atoms with E-state index < -0.39 is 5.91 Å². The van der Waals surface area contributed by atoms with E-state index in [-0.39, 0.29) is 0 Å². The van der Waals surface area contributed by atoms with Crippen LogP contribution in [0.15, 0.2) is 30.5 Å². The summed E-state index contributed by atoms with van der Waals surface area (Å²) in [6.45, 7) is 0. The third kappa shape index (κ3) is 2.56. The van der Waals surface area contributed by atoms with Crippen molar-refractivity contribution < 1.29 is 4.79 Å². The summed E-state index contributed by atoms with van der Waals surface area (Å²) in [6, 6.07) is 7.29. The third-order valence-corrected chi connectivity index (χ3v) is 3.39. The summed E-state index contributed by atoms with van der Waals surface area (Å²) in [6.07, 6.45) is 2.73. The third-order valence-electron chi connectivity index (χ3n) is 2.19. The number of carbonyl (C=O) groups is 1. The van der Waals surface area contributed by atoms with E-state index >= 15 is 0 Å². The molecular weight excluding hydrogens is 240 g/mol. The zero-order valence-electron chi connectivity index (χ0n) is 8.40. The van der Waals surface area contributed by atoms with Crippen molar-refractivity contribution in [2.45, 2.75) is 6.42 Å². The van der Waals surface area contributed by atoms with Gasteiger partial charge >= 0.3 is 0 Å². The van der Waals surface area contributed by atoms with Gasteiger partial charge in [0.2, 0.25) is 5.91 Å². The minimum atomic E-state index is -0.399. The van der Waals surface area contributed by atoms with E-state index in [1.807, 2.05) is 18.3 Å². The Kier molecular flexibility index (Phi) is 3.17. The monoisotopic (exact) mass is 250 g/mol. The first-order chi connectivity index (χ1) is 7.65. The fraction of sp³-hybridized carbons (Fsp3) is 0.0909. The Bertz CT molecular complexity index is 554. The molecule has 0 saturated heterocycles. The highest BCUT2D eigenvalue weighted by Crippen LogP contribution is 2.15. The van der Waals surface area contributed by atoms with Crippen molar-refractivity contribution in [3.05, 3.63) is 50.4 Å². The average Bonchev–Trinajstić information content (AvgIpc) is 2.65. The molecule has 2 aromatic rings. The number of primary amides is 1. The number of amides is 1. The lowest BCUT2D eigenvalue weighted by molar-refractivity contribution is 0.100. The number of nitrogens with two attached hydrogens (primary N) is 1. The Morgan fingerprint density at radius 1 is 1.38 bits per heavy atom. The number of aromatic amines is 1. The van der Waals surface area contributed by atoms with Crippen molar-refractivity contribution in [2.75, 3.05) is 0 Å². The van der Waals surface area contributed by atoms with Gasteiger partial charge in [0, 0.05) is 23.1 Å². The highest BCUT2D eigenvalue weighted by Gasteiger charge is 2.01. The van der Waals surface area contributed by atoms with Gasteiger partial charge in [-0.2, -0.15) is 0 Å². The molecule has 1 amide bonds. The Balaban J connectivity index is 2.17. The standard InChI is InChI=1S/C11H10N2OS2/c12-10(14)8-3-1-7(2-4-8)5-9-6-13-11(15)16-9/h1-4,6H,5H2,(H2,12,14)(H,13,15). The lowest BCUT2D eigenvalue weighted by atomic mass is 10.1. The Morgan fingerprint density at radius 3 is 2.56 bits per heavy atom. The molecule has 3 nitrogen and oxygen atoms in total. The summed E-state index contributed by atoms with van der Waals surface area (Å²) >= 11 is 6.57. The maximum absolute atomic E-state index is 10.9. The molecule has 16 heavy (non-hydrogen) atoms. The zero-order chi connectivity index (χ0) is 11.5. The van der Waals surface area contributed by atoms with Crippen LogP contribution in [0.25, 0.3) is 0 Å². The minimum absolute atomic E-state index is 0.399. The molecule has 0 unspecified atom stereocenters. The second-order valence-electron chi connectivity index (χ2n) is 3.38. The van der Waals surface area contributed by atoms with Crippen LogP contribution in [0.2, 0.25) is 0 Å². The van der Waals surface area contributed by atoms with Gasteiger partial charge in [-0.3, -0.25) is 4.79 Å². The van der Waals surface area contributed by atoms with E-state index in [0.717, 1.165) is 15.9 Å². The van der Waals surface area contributed by atoms with Crippen LogP contribution in [0.5, 0.6) is 0 Å². The van der Waals surface area contributed by atoms with Gasteiger partial charge in [-0.1, -0.05) is 12.1 Å². The maximum Gasteiger partial charge on any atom is 0.248 e. The second-order valence-corrected chi connectivity index (χ2v) is 5.19. The number of hydrogen-bond donors (Lipinski definition) is 2. The number of aromatic nitrogens is 1. The summed E-state index contributed by atoms with van der Waals surface area (Å²) in [4.78, 5) is 15.0. The molecule has 0 fully saturated rings. The Labute approximate surface area is 102 Å². The molecule has 2 rings (SSSR count). The van der Waals surface area contributed by atoms with Gasteiger partial charge in [-0.05, 0) is 29.9 Å². The van der Waals surface area contributed by atoms with Crippen molar-refractivity contribution in [1.29, 1.82) is 0 Å². The summed E-state index contributed by atoms with van der Waals surface area (Å²) in [5, 5.41) is 0. The first-order valence-electron chi connectivity index (χ1n) is 4.71. The molecule has 0 aliphatic rings. The molecule has 0 radical (unpaired) electrons. The average molecular weight is 250 g/mol. The topological polar surface area (TPSA) is 58.9 Å². The number of H-pyrrole nitrogens is 1. The molecule has 1 aromatic heterocycles. The van der Waals surface area contributed by atoms with E-state index in [4.69, 9.17) is 18.0 Å². The van der Waals surface area contributed by atoms with Crippen molar-refractivity contribution in [3.8, 4) is 0 Å². The molecule has 0 aliphatic heterocycles. The molecule has 3 N–H and O–H groups in total. The SMILES string of the molecule is NC(=O)c1ccc(Cc2c[nH]c(=S)s2)cc1. The molecule has 82 valence electrons. The molecule has 1 aromatic carbocycles. The predicted octanol–water partition coefficient (Wildman–Crippen LogP) is 2.50. The van der Waals surface area contributed by atoms with Gasteiger partial charge in [0.1, 0.15) is 0 Å². The summed E-state index contributed by atoms with van der Waals surface area (Å²) < 4.78 is 0.781. The highest BCUT2D eigenvalue weighted by atomic mass is 32.1. The van der Waals surface area contributed by atoms with Gasteiger partial charge in [0.05, 0.1) is 0 Å². The summed E-state index contributed by atoms with van der Waals surface area (Å²) in [5.41, 5.74) is 6.83. The van der Waals surface area contributed by atoms with Crippen LogP contribution in [0.4, 0.5) is 0 Å². The van der Waals surface area contributed by atoms with E-state index in [9.17, 15) is 4.79 Å². The molecule has 0 atom stereocenters. The highest BCUT2D eigenvalue weighted by molar-refractivity contribution is 7.73. The molecule has 0 aliphatic carbocycles. The minimum Gasteiger partial charge on any atom is -0.366 e. The van der Waals surface area contributed by atoms with Crippen molar-refractivity contribution in [2.24, 2.45) is 5.73 Å². The maximum atomic E-state index is 10.9. The lowest BCUT2D eigenvalue weighted by Crippen LogP contribution is -2.10. The normalized spacial score (nSPS) is 10.2. The number of nitrogens with one attached hydrogen (secondary N) is 1. The lowest BCUT2D eigenvalue weighted by Gasteiger charge is -1.99. The van der Waals surface area contributed by atoms with Crippen molar-refractivity contribution in [1.82, 2.24) is 4.98 Å². The van der Waals surface area contributed by atoms with E-state index in [1.54, 1.807) is 23.5 Å². The van der Waals surface area contributed by atoms with Crippen LogP contribution in [-0.2, 0) is 6.42 Å². The molecular formula is C11H10N2OS2. The van der Waals surface area contributed by atoms with Crippen LogP contribution in [0, 0.1) is 3.95 Å². The number of thiazole rings is 1. The van der Waals surface area contributed by atoms with E-state index in [1.165, 1.54) is 4.88 Å². The molecule has 0 saturated carbocycles. The Morgan fingerprint density at radius 2 is 2.06 bits per heavy atom. The van der Waals surface area contributed by atoms with Crippen LogP contribution in [-0.4, -0.2) is 10.9 Å². The smallest absolute Gasteiger partial charge is 0.248 e. The van der Waals surface area contributed by atoms with Gasteiger partial charge in [0.25, 0.3) is 0 Å². The van der Waals surface area contributed by atoms with Crippen LogP contribution in [0.3, 0.4) is 0 Å². The number of rotatable bonds is 3. The van der Waals surface area contributed by atoms with Gasteiger partial charge in [0.15, 0.2) is 3.95 Å². The van der Waals surface area contributed by atoms with Gasteiger partial charge in [-0.15, -0.1) is 11.3 Å². The molecule has 0 spiro atoms. The first-order valence-corrected chi connectivity index (χ1v) is 5.94.